The number of benzene rings is 3. The number of rotatable bonds is 10. The summed E-state index contributed by atoms with van der Waals surface area (Å²) in [5.74, 6) is -0.487. The average Bonchev–Trinajstić information content (AvgIpc) is 2.84. The standard InChI is InChI=1S/C24H24N4O6S/c1-18-8-13-22(34-2)23(14-18)35(32,33)27(16-20-6-4-3-5-7-20)17-24(29)26-25-15-19-9-11-21(12-10-19)28(30)31/h3-15H,16-17H2,1-2H3,(H,26,29)/b25-15+. The van der Waals surface area contributed by atoms with Crippen LogP contribution in [0.2, 0.25) is 0 Å². The number of carbonyl (C=O) groups is 1. The summed E-state index contributed by atoms with van der Waals surface area (Å²) >= 11 is 0. The number of carbonyl (C=O) groups excluding carboxylic acids is 1. The van der Waals surface area contributed by atoms with Gasteiger partial charge in [-0.05, 0) is 47.9 Å². The van der Waals surface area contributed by atoms with Crippen LogP contribution < -0.4 is 10.2 Å². The minimum Gasteiger partial charge on any atom is -0.495 e. The molecule has 0 radical (unpaired) electrons. The van der Waals surface area contributed by atoms with Gasteiger partial charge in [0.2, 0.25) is 10.0 Å². The number of amides is 1. The number of non-ortho nitro benzene ring substituents is 1. The number of hydrogen-bond acceptors (Lipinski definition) is 7. The number of hydrogen-bond donors (Lipinski definition) is 1. The second kappa shape index (κ2) is 11.4. The molecule has 0 atom stereocenters. The molecule has 3 aromatic carbocycles. The molecular formula is C24H24N4O6S. The van der Waals surface area contributed by atoms with Crippen molar-refractivity contribution in [1.82, 2.24) is 9.73 Å². The number of sulfonamides is 1. The maximum atomic E-state index is 13.6. The quantitative estimate of drug-likeness (QED) is 0.260. The van der Waals surface area contributed by atoms with E-state index in [-0.39, 0.29) is 22.9 Å². The molecule has 1 N–H and O–H groups in total. The second-order valence-corrected chi connectivity index (χ2v) is 9.46. The highest BCUT2D eigenvalue weighted by Crippen LogP contribution is 2.28. The Morgan fingerprint density at radius 2 is 1.80 bits per heavy atom. The van der Waals surface area contributed by atoms with Gasteiger partial charge in [0.15, 0.2) is 0 Å². The molecule has 182 valence electrons. The van der Waals surface area contributed by atoms with Crippen molar-refractivity contribution in [2.24, 2.45) is 5.10 Å². The molecule has 0 aromatic heterocycles. The molecule has 3 rings (SSSR count). The highest BCUT2D eigenvalue weighted by Gasteiger charge is 2.30. The van der Waals surface area contributed by atoms with Crippen LogP contribution in [0.1, 0.15) is 16.7 Å². The first kappa shape index (κ1) is 25.5. The summed E-state index contributed by atoms with van der Waals surface area (Å²) < 4.78 is 33.4. The van der Waals surface area contributed by atoms with E-state index in [1.165, 1.54) is 43.7 Å². The van der Waals surface area contributed by atoms with Crippen molar-refractivity contribution < 1.29 is 22.9 Å². The number of nitro benzene ring substituents is 1. The third-order valence-corrected chi connectivity index (χ3v) is 6.78. The largest absolute Gasteiger partial charge is 0.495 e. The van der Waals surface area contributed by atoms with E-state index in [2.05, 4.69) is 10.5 Å². The van der Waals surface area contributed by atoms with E-state index in [9.17, 15) is 23.3 Å². The van der Waals surface area contributed by atoms with E-state index in [4.69, 9.17) is 4.74 Å². The Hall–Kier alpha value is -4.09. The van der Waals surface area contributed by atoms with Gasteiger partial charge < -0.3 is 4.74 Å². The molecule has 0 heterocycles. The van der Waals surface area contributed by atoms with Crippen LogP contribution in [0.25, 0.3) is 0 Å². The SMILES string of the molecule is COc1ccc(C)cc1S(=O)(=O)N(CC(=O)N/N=C/c1ccc([N+](=O)[O-])cc1)Cc1ccccc1. The summed E-state index contributed by atoms with van der Waals surface area (Å²) in [6.07, 6.45) is 1.31. The molecule has 35 heavy (non-hydrogen) atoms. The van der Waals surface area contributed by atoms with Gasteiger partial charge in [0.1, 0.15) is 10.6 Å². The van der Waals surface area contributed by atoms with Crippen LogP contribution in [0.3, 0.4) is 0 Å². The maximum Gasteiger partial charge on any atom is 0.269 e. The molecule has 0 saturated heterocycles. The van der Waals surface area contributed by atoms with Crippen molar-refractivity contribution in [2.45, 2.75) is 18.4 Å². The molecule has 0 aliphatic rings. The monoisotopic (exact) mass is 496 g/mol. The lowest BCUT2D eigenvalue weighted by atomic mass is 10.2. The van der Waals surface area contributed by atoms with E-state index in [0.29, 0.717) is 11.1 Å². The van der Waals surface area contributed by atoms with Gasteiger partial charge in [0.05, 0.1) is 24.8 Å². The normalized spacial score (nSPS) is 11.5. The molecule has 0 aliphatic carbocycles. The number of hydrazone groups is 1. The minimum atomic E-state index is -4.12. The zero-order valence-corrected chi connectivity index (χ0v) is 19.9. The van der Waals surface area contributed by atoms with Gasteiger partial charge in [-0.1, -0.05) is 36.4 Å². The van der Waals surface area contributed by atoms with Gasteiger partial charge in [-0.15, -0.1) is 0 Å². The summed E-state index contributed by atoms with van der Waals surface area (Å²) in [5.41, 5.74) is 4.18. The Balaban J connectivity index is 1.81. The van der Waals surface area contributed by atoms with Crippen molar-refractivity contribution in [3.8, 4) is 5.75 Å². The highest BCUT2D eigenvalue weighted by atomic mass is 32.2. The highest BCUT2D eigenvalue weighted by molar-refractivity contribution is 7.89. The first-order valence-corrected chi connectivity index (χ1v) is 11.9. The Bertz CT molecular complexity index is 1330. The van der Waals surface area contributed by atoms with E-state index in [1.54, 1.807) is 43.3 Å². The van der Waals surface area contributed by atoms with Gasteiger partial charge in [0, 0.05) is 18.7 Å². The maximum absolute atomic E-state index is 13.6. The Labute approximate surface area is 203 Å². The smallest absolute Gasteiger partial charge is 0.269 e. The van der Waals surface area contributed by atoms with Crippen molar-refractivity contribution in [1.29, 1.82) is 0 Å². The van der Waals surface area contributed by atoms with Crippen molar-refractivity contribution in [3.05, 3.63) is 99.6 Å². The summed E-state index contributed by atoms with van der Waals surface area (Å²) in [6, 6.07) is 19.3. The zero-order chi connectivity index (χ0) is 25.4. The summed E-state index contributed by atoms with van der Waals surface area (Å²) in [6.45, 7) is 1.23. The topological polar surface area (TPSA) is 131 Å². The lowest BCUT2D eigenvalue weighted by Crippen LogP contribution is -2.39. The first-order chi connectivity index (χ1) is 16.7. The van der Waals surface area contributed by atoms with Crippen molar-refractivity contribution >= 4 is 27.8 Å². The number of nitro groups is 1. The van der Waals surface area contributed by atoms with E-state index in [1.807, 2.05) is 6.07 Å². The predicted octanol–water partition coefficient (Wildman–Crippen LogP) is 3.25. The van der Waals surface area contributed by atoms with Gasteiger partial charge in [0.25, 0.3) is 11.6 Å². The van der Waals surface area contributed by atoms with Crippen LogP contribution in [0.5, 0.6) is 5.75 Å². The van der Waals surface area contributed by atoms with Gasteiger partial charge in [-0.2, -0.15) is 9.41 Å². The Kier molecular flexibility index (Phi) is 8.29. The molecular weight excluding hydrogens is 472 g/mol. The number of aryl methyl sites for hydroxylation is 1. The van der Waals surface area contributed by atoms with E-state index >= 15 is 0 Å². The van der Waals surface area contributed by atoms with E-state index in [0.717, 1.165) is 9.87 Å². The van der Waals surface area contributed by atoms with Gasteiger partial charge in [-0.3, -0.25) is 14.9 Å². The fourth-order valence-electron chi connectivity index (χ4n) is 3.19. The average molecular weight is 497 g/mol. The van der Waals surface area contributed by atoms with Gasteiger partial charge in [-0.25, -0.2) is 13.8 Å². The third kappa shape index (κ3) is 6.71. The summed E-state index contributed by atoms with van der Waals surface area (Å²) in [5, 5.41) is 14.6. The van der Waals surface area contributed by atoms with Crippen LogP contribution >= 0.6 is 0 Å². The molecule has 0 bridgehead atoms. The second-order valence-electron chi connectivity index (χ2n) is 7.55. The molecule has 0 aliphatic heterocycles. The predicted molar refractivity (Wildman–Crippen MR) is 131 cm³/mol. The molecule has 1 amide bonds. The van der Waals surface area contributed by atoms with Crippen LogP contribution in [0, 0.1) is 17.0 Å². The molecule has 0 fully saturated rings. The molecule has 0 unspecified atom stereocenters. The molecule has 10 nitrogen and oxygen atoms in total. The summed E-state index contributed by atoms with van der Waals surface area (Å²) in [7, 11) is -2.74. The third-order valence-electron chi connectivity index (χ3n) is 4.97. The van der Waals surface area contributed by atoms with Crippen LogP contribution in [0.15, 0.2) is 82.8 Å². The first-order valence-electron chi connectivity index (χ1n) is 10.5. The number of nitrogens with one attached hydrogen (secondary N) is 1. The Morgan fingerprint density at radius 1 is 1.11 bits per heavy atom. The Morgan fingerprint density at radius 3 is 2.43 bits per heavy atom. The van der Waals surface area contributed by atoms with Crippen LogP contribution in [-0.2, 0) is 21.4 Å². The zero-order valence-electron chi connectivity index (χ0n) is 19.1. The van der Waals surface area contributed by atoms with Crippen LogP contribution in [-0.4, -0.2) is 43.4 Å². The lowest BCUT2D eigenvalue weighted by Gasteiger charge is -2.23. The number of methoxy groups -OCH3 is 1. The van der Waals surface area contributed by atoms with Crippen LogP contribution in [0.4, 0.5) is 5.69 Å². The van der Waals surface area contributed by atoms with E-state index < -0.39 is 27.4 Å². The summed E-state index contributed by atoms with van der Waals surface area (Å²) in [4.78, 5) is 22.8. The number of nitrogens with zero attached hydrogens (tertiary/aromatic N) is 3. The molecule has 3 aromatic rings. The molecule has 0 saturated carbocycles. The van der Waals surface area contributed by atoms with Crippen molar-refractivity contribution in [3.63, 3.8) is 0 Å². The fraction of sp³-hybridized carbons (Fsp3) is 0.167. The van der Waals surface area contributed by atoms with Crippen molar-refractivity contribution in [2.75, 3.05) is 13.7 Å². The number of ether oxygens (including phenoxy) is 1. The molecule has 11 heteroatoms. The lowest BCUT2D eigenvalue weighted by molar-refractivity contribution is -0.384. The fourth-order valence-corrected chi connectivity index (χ4v) is 4.82. The minimum absolute atomic E-state index is 0.0419. The van der Waals surface area contributed by atoms with Gasteiger partial charge >= 0.3 is 0 Å². The molecule has 0 spiro atoms.